The van der Waals surface area contributed by atoms with Crippen LogP contribution >= 0.6 is 0 Å². The first-order chi connectivity index (χ1) is 6.69. The van der Waals surface area contributed by atoms with Gasteiger partial charge in [0.1, 0.15) is 37.9 Å². The molecule has 0 aromatic heterocycles. The van der Waals surface area contributed by atoms with Gasteiger partial charge in [0.15, 0.2) is 0 Å². The molecular formula is C9H18NO4+. The molecule has 0 unspecified atom stereocenters. The van der Waals surface area contributed by atoms with E-state index in [0.29, 0.717) is 24.2 Å². The van der Waals surface area contributed by atoms with Gasteiger partial charge in [-0.3, -0.25) is 0 Å². The minimum Gasteiger partial charge on any atom is -0.390 e. The number of nitrogens with zero attached hydrogens (tertiary/aromatic N) is 1. The van der Waals surface area contributed by atoms with Gasteiger partial charge < -0.3 is 24.5 Å². The Morgan fingerprint density at radius 3 is 2.43 bits per heavy atom. The molecule has 0 amide bonds. The van der Waals surface area contributed by atoms with Gasteiger partial charge in [-0.2, -0.15) is 0 Å². The molecule has 14 heavy (non-hydrogen) atoms. The molecule has 5 nitrogen and oxygen atoms in total. The fourth-order valence-electron chi connectivity index (χ4n) is 2.70. The van der Waals surface area contributed by atoms with Crippen LogP contribution in [0.1, 0.15) is 0 Å². The highest BCUT2D eigenvalue weighted by Gasteiger charge is 2.53. The number of quaternary nitrogens is 1. The van der Waals surface area contributed by atoms with E-state index in [-0.39, 0.29) is 12.6 Å². The second-order valence-corrected chi connectivity index (χ2v) is 4.27. The molecule has 2 aliphatic rings. The lowest BCUT2D eigenvalue weighted by molar-refractivity contribution is -0.948. The van der Waals surface area contributed by atoms with E-state index in [4.69, 9.17) is 4.74 Å². The van der Waals surface area contributed by atoms with Gasteiger partial charge in [0, 0.05) is 0 Å². The Morgan fingerprint density at radius 1 is 1.21 bits per heavy atom. The molecular weight excluding hydrogens is 186 g/mol. The predicted molar refractivity (Wildman–Crippen MR) is 48.6 cm³/mol. The van der Waals surface area contributed by atoms with E-state index < -0.39 is 12.2 Å². The van der Waals surface area contributed by atoms with Crippen molar-refractivity contribution in [1.29, 1.82) is 0 Å². The third-order valence-electron chi connectivity index (χ3n) is 3.59. The SMILES string of the molecule is OC[C@H]1[C@H](O)[C@@H](O)C[N+]12CCOCC2. The lowest BCUT2D eigenvalue weighted by Crippen LogP contribution is -2.60. The van der Waals surface area contributed by atoms with Gasteiger partial charge >= 0.3 is 0 Å². The molecule has 0 bridgehead atoms. The van der Waals surface area contributed by atoms with Crippen LogP contribution in [0.3, 0.4) is 0 Å². The summed E-state index contributed by atoms with van der Waals surface area (Å²) < 4.78 is 5.87. The summed E-state index contributed by atoms with van der Waals surface area (Å²) in [4.78, 5) is 0. The smallest absolute Gasteiger partial charge is 0.142 e. The Kier molecular flexibility index (Phi) is 2.77. The summed E-state index contributed by atoms with van der Waals surface area (Å²) >= 11 is 0. The first kappa shape index (κ1) is 10.3. The fraction of sp³-hybridized carbons (Fsp3) is 1.00. The summed E-state index contributed by atoms with van der Waals surface area (Å²) in [6, 6.07) is -0.242. The van der Waals surface area contributed by atoms with Crippen molar-refractivity contribution in [3.05, 3.63) is 0 Å². The third-order valence-corrected chi connectivity index (χ3v) is 3.59. The van der Waals surface area contributed by atoms with Crippen molar-refractivity contribution in [2.24, 2.45) is 0 Å². The maximum atomic E-state index is 9.71. The van der Waals surface area contributed by atoms with Crippen LogP contribution in [0.2, 0.25) is 0 Å². The standard InChI is InChI=1S/C9H18NO4/c11-6-7-9(13)8(12)5-10(7)1-3-14-4-2-10/h7-9,11-13H,1-6H2/q+1/t7-,8-,9-/m0/s1. The molecule has 3 atom stereocenters. The number of rotatable bonds is 1. The van der Waals surface area contributed by atoms with E-state index in [1.165, 1.54) is 0 Å². The molecule has 3 N–H and O–H groups in total. The molecule has 2 aliphatic heterocycles. The van der Waals surface area contributed by atoms with Gasteiger partial charge in [0.05, 0.1) is 19.8 Å². The Balaban J connectivity index is 2.16. The minimum absolute atomic E-state index is 0.0712. The van der Waals surface area contributed by atoms with Crippen LogP contribution < -0.4 is 0 Å². The molecule has 0 radical (unpaired) electrons. The molecule has 2 rings (SSSR count). The third kappa shape index (κ3) is 1.45. The maximum absolute atomic E-state index is 9.71. The fourth-order valence-corrected chi connectivity index (χ4v) is 2.70. The van der Waals surface area contributed by atoms with Crippen molar-refractivity contribution in [3.63, 3.8) is 0 Å². The Hall–Kier alpha value is -0.200. The molecule has 1 spiro atoms. The van der Waals surface area contributed by atoms with Gasteiger partial charge in [-0.25, -0.2) is 0 Å². The van der Waals surface area contributed by atoms with Crippen LogP contribution in [0.4, 0.5) is 0 Å². The van der Waals surface area contributed by atoms with Crippen LogP contribution in [0.15, 0.2) is 0 Å². The molecule has 82 valence electrons. The van der Waals surface area contributed by atoms with Crippen molar-refractivity contribution in [2.45, 2.75) is 18.2 Å². The summed E-state index contributed by atoms with van der Waals surface area (Å²) in [5, 5.41) is 28.6. The van der Waals surface area contributed by atoms with Crippen LogP contribution in [-0.2, 0) is 4.74 Å². The molecule has 0 aromatic rings. The van der Waals surface area contributed by atoms with Crippen LogP contribution in [0, 0.1) is 0 Å². The topological polar surface area (TPSA) is 69.9 Å². The van der Waals surface area contributed by atoms with E-state index in [2.05, 4.69) is 0 Å². The van der Waals surface area contributed by atoms with Gasteiger partial charge in [0.2, 0.25) is 0 Å². The zero-order chi connectivity index (χ0) is 10.2. The van der Waals surface area contributed by atoms with Crippen LogP contribution in [0.5, 0.6) is 0 Å². The van der Waals surface area contributed by atoms with Crippen LogP contribution in [-0.4, -0.2) is 77.5 Å². The second-order valence-electron chi connectivity index (χ2n) is 4.27. The van der Waals surface area contributed by atoms with Crippen molar-refractivity contribution < 1.29 is 24.5 Å². The number of aliphatic hydroxyl groups excluding tert-OH is 3. The molecule has 2 heterocycles. The molecule has 5 heteroatoms. The highest BCUT2D eigenvalue weighted by molar-refractivity contribution is 4.85. The summed E-state index contributed by atoms with van der Waals surface area (Å²) in [5.41, 5.74) is 0. The largest absolute Gasteiger partial charge is 0.390 e. The quantitative estimate of drug-likeness (QED) is 0.429. The van der Waals surface area contributed by atoms with Crippen molar-refractivity contribution in [1.82, 2.24) is 0 Å². The average Bonchev–Trinajstić information content (AvgIpc) is 2.40. The molecule has 2 saturated heterocycles. The lowest BCUT2D eigenvalue weighted by Gasteiger charge is -2.42. The molecule has 2 fully saturated rings. The van der Waals surface area contributed by atoms with E-state index in [0.717, 1.165) is 13.1 Å². The summed E-state index contributed by atoms with van der Waals surface area (Å²) in [7, 11) is 0. The first-order valence-corrected chi connectivity index (χ1v) is 5.10. The zero-order valence-corrected chi connectivity index (χ0v) is 8.17. The minimum atomic E-state index is -0.793. The Labute approximate surface area is 83.1 Å². The monoisotopic (exact) mass is 204 g/mol. The highest BCUT2D eigenvalue weighted by Crippen LogP contribution is 2.28. The maximum Gasteiger partial charge on any atom is 0.142 e. The summed E-state index contributed by atoms with van der Waals surface area (Å²) in [6.07, 6.45) is -1.50. The van der Waals surface area contributed by atoms with Gasteiger partial charge in [0.25, 0.3) is 0 Å². The van der Waals surface area contributed by atoms with E-state index in [1.807, 2.05) is 0 Å². The first-order valence-electron chi connectivity index (χ1n) is 5.10. The van der Waals surface area contributed by atoms with Gasteiger partial charge in [-0.1, -0.05) is 0 Å². The van der Waals surface area contributed by atoms with E-state index in [9.17, 15) is 15.3 Å². The zero-order valence-electron chi connectivity index (χ0n) is 8.17. The average molecular weight is 204 g/mol. The molecule has 0 saturated carbocycles. The van der Waals surface area contributed by atoms with Crippen molar-refractivity contribution in [2.75, 3.05) is 39.5 Å². The molecule has 0 aliphatic carbocycles. The molecule has 0 aromatic carbocycles. The number of hydrogen-bond acceptors (Lipinski definition) is 4. The van der Waals surface area contributed by atoms with Crippen molar-refractivity contribution >= 4 is 0 Å². The van der Waals surface area contributed by atoms with E-state index >= 15 is 0 Å². The van der Waals surface area contributed by atoms with Crippen LogP contribution in [0.25, 0.3) is 0 Å². The number of morpholine rings is 1. The number of hydrogen-bond donors (Lipinski definition) is 3. The summed E-state index contributed by atoms with van der Waals surface area (Å²) in [6.45, 7) is 3.32. The van der Waals surface area contributed by atoms with Crippen molar-refractivity contribution in [3.8, 4) is 0 Å². The summed E-state index contributed by atoms with van der Waals surface area (Å²) in [5.74, 6) is 0. The number of aliphatic hydroxyl groups is 3. The normalized spacial score (nSPS) is 41.8. The second kappa shape index (κ2) is 3.75. The Morgan fingerprint density at radius 2 is 1.86 bits per heavy atom. The van der Waals surface area contributed by atoms with Gasteiger partial charge in [-0.05, 0) is 0 Å². The number of ether oxygens (including phenoxy) is 1. The lowest BCUT2D eigenvalue weighted by atomic mass is 10.1. The predicted octanol–water partition coefficient (Wildman–Crippen LogP) is -2.07. The van der Waals surface area contributed by atoms with E-state index in [1.54, 1.807) is 0 Å². The Bertz CT molecular complexity index is 205. The highest BCUT2D eigenvalue weighted by atomic mass is 16.5. The van der Waals surface area contributed by atoms with Gasteiger partial charge in [-0.15, -0.1) is 0 Å².